The Morgan fingerprint density at radius 2 is 1.30 bits per heavy atom. The van der Waals surface area contributed by atoms with Crippen LogP contribution in [0.5, 0.6) is 23.0 Å². The predicted octanol–water partition coefficient (Wildman–Crippen LogP) is 0.983. The summed E-state index contributed by atoms with van der Waals surface area (Å²) in [5.74, 6) is -6.51. The van der Waals surface area contributed by atoms with Gasteiger partial charge in [0, 0.05) is 17.2 Å². The Labute approximate surface area is 127 Å². The molecule has 0 saturated carbocycles. The van der Waals surface area contributed by atoms with Crippen molar-refractivity contribution in [2.45, 2.75) is 0 Å². The minimum absolute atomic E-state index is 0.314. The number of phenolic OH excluding ortho intramolecular Hbond substituents is 3. The third-order valence-electron chi connectivity index (χ3n) is 3.57. The molecule has 116 valence electrons. The molecule has 0 aromatic heterocycles. The van der Waals surface area contributed by atoms with Crippen LogP contribution in [0.25, 0.3) is 0 Å². The van der Waals surface area contributed by atoms with Gasteiger partial charge < -0.3 is 25.5 Å². The predicted molar refractivity (Wildman–Crippen MR) is 73.4 cm³/mol. The van der Waals surface area contributed by atoms with Crippen LogP contribution in [0.3, 0.4) is 0 Å². The van der Waals surface area contributed by atoms with E-state index in [9.17, 15) is 34.8 Å². The van der Waals surface area contributed by atoms with Gasteiger partial charge >= 0.3 is 5.97 Å². The molecule has 0 aliphatic heterocycles. The summed E-state index contributed by atoms with van der Waals surface area (Å²) in [4.78, 5) is 35.9. The van der Waals surface area contributed by atoms with Crippen molar-refractivity contribution in [3.63, 3.8) is 0 Å². The average Bonchev–Trinajstić information content (AvgIpc) is 2.47. The number of carbonyl (C=O) groups is 3. The lowest BCUT2D eigenvalue weighted by Gasteiger charge is -2.20. The molecule has 2 aromatic rings. The number of fused-ring (bicyclic) bond motifs is 2. The largest absolute Gasteiger partial charge is 0.507 e. The van der Waals surface area contributed by atoms with Crippen molar-refractivity contribution in [1.29, 1.82) is 0 Å². The molecule has 1 aliphatic rings. The highest BCUT2D eigenvalue weighted by atomic mass is 16.4. The number of carboxylic acid groups (broad SMARTS) is 1. The molecule has 0 spiro atoms. The van der Waals surface area contributed by atoms with Crippen molar-refractivity contribution in [2.24, 2.45) is 0 Å². The van der Waals surface area contributed by atoms with Crippen LogP contribution in [0.4, 0.5) is 0 Å². The molecule has 0 unspecified atom stereocenters. The Morgan fingerprint density at radius 3 is 1.91 bits per heavy atom. The smallest absolute Gasteiger partial charge is 0.339 e. The highest BCUT2D eigenvalue weighted by Gasteiger charge is 2.37. The summed E-state index contributed by atoms with van der Waals surface area (Å²) in [7, 11) is 0. The summed E-state index contributed by atoms with van der Waals surface area (Å²) in [5.41, 5.74) is -2.43. The van der Waals surface area contributed by atoms with Crippen molar-refractivity contribution in [3.8, 4) is 23.0 Å². The number of ketones is 2. The van der Waals surface area contributed by atoms with Gasteiger partial charge in [-0.1, -0.05) is 0 Å². The van der Waals surface area contributed by atoms with E-state index >= 15 is 0 Å². The van der Waals surface area contributed by atoms with E-state index in [0.29, 0.717) is 6.07 Å². The number of benzene rings is 2. The van der Waals surface area contributed by atoms with E-state index in [1.54, 1.807) is 0 Å². The summed E-state index contributed by atoms with van der Waals surface area (Å²) in [5, 5.41) is 47.7. The van der Waals surface area contributed by atoms with Crippen molar-refractivity contribution in [2.75, 3.05) is 0 Å². The summed E-state index contributed by atoms with van der Waals surface area (Å²) in [6.45, 7) is 0. The summed E-state index contributed by atoms with van der Waals surface area (Å²) in [6, 6.07) is 2.32. The van der Waals surface area contributed by atoms with Gasteiger partial charge in [-0.2, -0.15) is 0 Å². The van der Waals surface area contributed by atoms with Gasteiger partial charge in [0.25, 0.3) is 0 Å². The van der Waals surface area contributed by atoms with Crippen LogP contribution < -0.4 is 0 Å². The standard InChI is InChI=1S/C15H8O8/c16-7-2-5-4(1-6(7)15(22)23)13(20)11-10(12(5)19)8(17)3-9(18)14(11)21/h1-3,16-18,21H,(H,22,23). The van der Waals surface area contributed by atoms with E-state index in [1.807, 2.05) is 0 Å². The molecule has 0 heterocycles. The Morgan fingerprint density at radius 1 is 0.739 bits per heavy atom. The van der Waals surface area contributed by atoms with Crippen LogP contribution in [-0.4, -0.2) is 43.1 Å². The maximum absolute atomic E-state index is 12.5. The molecule has 0 saturated heterocycles. The van der Waals surface area contributed by atoms with Gasteiger partial charge in [-0.05, 0) is 12.1 Å². The van der Waals surface area contributed by atoms with Crippen LogP contribution in [-0.2, 0) is 0 Å². The molecule has 23 heavy (non-hydrogen) atoms. The van der Waals surface area contributed by atoms with E-state index in [0.717, 1.165) is 12.1 Å². The zero-order valence-electron chi connectivity index (χ0n) is 11.2. The quantitative estimate of drug-likeness (QED) is 0.329. The van der Waals surface area contributed by atoms with Crippen molar-refractivity contribution < 1.29 is 39.9 Å². The minimum atomic E-state index is -1.51. The first kappa shape index (κ1) is 14.4. The molecular formula is C15H8O8. The van der Waals surface area contributed by atoms with Crippen LogP contribution in [0.1, 0.15) is 42.2 Å². The number of aromatic carboxylic acids is 1. The van der Waals surface area contributed by atoms with Crippen molar-refractivity contribution in [1.82, 2.24) is 0 Å². The molecule has 0 amide bonds. The van der Waals surface area contributed by atoms with Crippen LogP contribution in [0, 0.1) is 0 Å². The summed E-state index contributed by atoms with van der Waals surface area (Å²) in [6.07, 6.45) is 0. The Bertz CT molecular complexity index is 926. The van der Waals surface area contributed by atoms with Crippen LogP contribution >= 0.6 is 0 Å². The minimum Gasteiger partial charge on any atom is -0.507 e. The van der Waals surface area contributed by atoms with E-state index in [4.69, 9.17) is 5.11 Å². The second-order valence-corrected chi connectivity index (χ2v) is 4.89. The number of carbonyl (C=O) groups excluding carboxylic acids is 2. The number of hydrogen-bond acceptors (Lipinski definition) is 7. The maximum Gasteiger partial charge on any atom is 0.339 e. The molecule has 0 radical (unpaired) electrons. The lowest BCUT2D eigenvalue weighted by molar-refractivity contribution is 0.0693. The van der Waals surface area contributed by atoms with E-state index < -0.39 is 57.2 Å². The molecule has 0 fully saturated rings. The van der Waals surface area contributed by atoms with Crippen LogP contribution in [0.15, 0.2) is 18.2 Å². The Balaban J connectivity index is 2.38. The Kier molecular flexibility index (Phi) is 2.80. The first-order valence-corrected chi connectivity index (χ1v) is 6.21. The highest BCUT2D eigenvalue weighted by molar-refractivity contribution is 6.31. The number of carboxylic acids is 1. The van der Waals surface area contributed by atoms with Gasteiger partial charge in [0.05, 0.1) is 11.1 Å². The fourth-order valence-corrected chi connectivity index (χ4v) is 2.50. The SMILES string of the molecule is O=C(O)c1cc2c(cc1O)C(=O)c1c(O)cc(O)c(O)c1C2=O. The van der Waals surface area contributed by atoms with Gasteiger partial charge in [-0.3, -0.25) is 9.59 Å². The number of hydrogen-bond donors (Lipinski definition) is 5. The van der Waals surface area contributed by atoms with Crippen LogP contribution in [0.2, 0.25) is 0 Å². The summed E-state index contributed by atoms with van der Waals surface area (Å²) >= 11 is 0. The van der Waals surface area contributed by atoms with Crippen molar-refractivity contribution in [3.05, 3.63) is 46.0 Å². The second kappa shape index (κ2) is 4.47. The molecule has 3 rings (SSSR count). The molecule has 0 atom stereocenters. The lowest BCUT2D eigenvalue weighted by Crippen LogP contribution is -2.22. The lowest BCUT2D eigenvalue weighted by atomic mass is 9.82. The molecule has 5 N–H and O–H groups in total. The molecule has 8 nitrogen and oxygen atoms in total. The van der Waals surface area contributed by atoms with E-state index in [1.165, 1.54) is 0 Å². The monoisotopic (exact) mass is 316 g/mol. The first-order valence-electron chi connectivity index (χ1n) is 6.21. The number of phenols is 4. The fraction of sp³-hybridized carbons (Fsp3) is 0. The summed E-state index contributed by atoms with van der Waals surface area (Å²) < 4.78 is 0. The maximum atomic E-state index is 12.5. The number of rotatable bonds is 1. The Hall–Kier alpha value is -3.55. The molecule has 2 aromatic carbocycles. The molecule has 0 bridgehead atoms. The number of aromatic hydroxyl groups is 4. The highest BCUT2D eigenvalue weighted by Crippen LogP contribution is 2.43. The average molecular weight is 316 g/mol. The third kappa shape index (κ3) is 1.81. The van der Waals surface area contributed by atoms with E-state index in [-0.39, 0.29) is 11.1 Å². The van der Waals surface area contributed by atoms with Gasteiger partial charge in [-0.15, -0.1) is 0 Å². The first-order chi connectivity index (χ1) is 10.7. The topological polar surface area (TPSA) is 152 Å². The normalized spacial score (nSPS) is 12.7. The zero-order valence-corrected chi connectivity index (χ0v) is 11.2. The third-order valence-corrected chi connectivity index (χ3v) is 3.57. The van der Waals surface area contributed by atoms with E-state index in [2.05, 4.69) is 0 Å². The van der Waals surface area contributed by atoms with Gasteiger partial charge in [-0.25, -0.2) is 4.79 Å². The second-order valence-electron chi connectivity index (χ2n) is 4.89. The van der Waals surface area contributed by atoms with Gasteiger partial charge in [0.2, 0.25) is 0 Å². The fourth-order valence-electron chi connectivity index (χ4n) is 2.50. The molecule has 1 aliphatic carbocycles. The van der Waals surface area contributed by atoms with Crippen molar-refractivity contribution >= 4 is 17.5 Å². The molecular weight excluding hydrogens is 308 g/mol. The zero-order chi connectivity index (χ0) is 17.0. The molecule has 8 heteroatoms. The van der Waals surface area contributed by atoms with Gasteiger partial charge in [0.1, 0.15) is 17.1 Å². The van der Waals surface area contributed by atoms with Gasteiger partial charge in [0.15, 0.2) is 23.1 Å².